The van der Waals surface area contributed by atoms with Crippen LogP contribution in [-0.4, -0.2) is 78.8 Å². The van der Waals surface area contributed by atoms with Gasteiger partial charge in [-0.25, -0.2) is 9.78 Å². The van der Waals surface area contributed by atoms with E-state index in [0.717, 1.165) is 12.1 Å². The van der Waals surface area contributed by atoms with E-state index in [9.17, 15) is 44.5 Å². The van der Waals surface area contributed by atoms with Crippen LogP contribution in [0.25, 0.3) is 5.69 Å². The summed E-state index contributed by atoms with van der Waals surface area (Å²) in [4.78, 5) is 75.1. The number of carbonyl (C=O) groups excluding carboxylic acids is 3. The van der Waals surface area contributed by atoms with Gasteiger partial charge in [0.05, 0.1) is 40.9 Å². The van der Waals surface area contributed by atoms with Crippen LogP contribution in [0.5, 0.6) is 0 Å². The Hall–Kier alpha value is -5.32. The van der Waals surface area contributed by atoms with Crippen LogP contribution in [0.2, 0.25) is 0 Å². The number of non-ortho nitro benzene ring substituents is 1. The lowest BCUT2D eigenvalue weighted by Crippen LogP contribution is -2.51. The van der Waals surface area contributed by atoms with Crippen LogP contribution in [0.15, 0.2) is 61.1 Å². The van der Waals surface area contributed by atoms with Crippen molar-refractivity contribution in [3.8, 4) is 5.69 Å². The Kier molecular flexibility index (Phi) is 11.9. The van der Waals surface area contributed by atoms with Crippen LogP contribution in [0.3, 0.4) is 0 Å². The monoisotopic (exact) mass is 627 g/mol. The Morgan fingerprint density at radius 3 is 2.34 bits per heavy atom. The van der Waals surface area contributed by atoms with Gasteiger partial charge in [-0.3, -0.25) is 39.2 Å². The number of imidazole rings is 1. The van der Waals surface area contributed by atoms with E-state index in [4.69, 9.17) is 0 Å². The number of nitrogens with one attached hydrogen (secondary N) is 3. The van der Waals surface area contributed by atoms with E-state index in [2.05, 4.69) is 20.9 Å². The molecule has 1 heterocycles. The second-order valence-corrected chi connectivity index (χ2v) is 10.4. The summed E-state index contributed by atoms with van der Waals surface area (Å²) >= 11 is 1.42. The molecule has 0 aliphatic rings. The molecule has 0 aliphatic carbocycles. The van der Waals surface area contributed by atoms with E-state index in [-0.39, 0.29) is 30.6 Å². The Balaban J connectivity index is 1.78. The number of amides is 3. The number of thioether (sulfide) groups is 1. The molecule has 0 radical (unpaired) electrons. The molecule has 0 spiro atoms. The van der Waals surface area contributed by atoms with Crippen LogP contribution in [0.4, 0.5) is 11.4 Å². The van der Waals surface area contributed by atoms with Crippen molar-refractivity contribution in [1.82, 2.24) is 25.5 Å². The molecular formula is C27H29N7O9S. The maximum atomic E-state index is 13.1. The highest BCUT2D eigenvalue weighted by molar-refractivity contribution is 7.98. The van der Waals surface area contributed by atoms with Crippen molar-refractivity contribution in [2.75, 3.05) is 18.6 Å². The van der Waals surface area contributed by atoms with Gasteiger partial charge in [-0.05, 0) is 30.1 Å². The minimum atomic E-state index is -1.24. The molecule has 3 rings (SSSR count). The average Bonchev–Trinajstić information content (AvgIpc) is 3.46. The molecule has 232 valence electrons. The van der Waals surface area contributed by atoms with Gasteiger partial charge in [-0.1, -0.05) is 30.3 Å². The third-order valence-electron chi connectivity index (χ3n) is 6.22. The van der Waals surface area contributed by atoms with Gasteiger partial charge in [0.1, 0.15) is 17.8 Å². The number of hydrogen-bond acceptors (Lipinski definition) is 10. The topological polar surface area (TPSA) is 229 Å². The predicted molar refractivity (Wildman–Crippen MR) is 158 cm³/mol. The van der Waals surface area contributed by atoms with Crippen molar-refractivity contribution in [2.45, 2.75) is 31.3 Å². The molecule has 16 nitrogen and oxygen atoms in total. The third kappa shape index (κ3) is 9.62. The lowest BCUT2D eigenvalue weighted by atomic mass is 10.1. The van der Waals surface area contributed by atoms with Crippen molar-refractivity contribution in [3.63, 3.8) is 0 Å². The predicted octanol–water partition coefficient (Wildman–Crippen LogP) is 1.40. The number of nitro groups is 2. The lowest BCUT2D eigenvalue weighted by Gasteiger charge is -2.19. The summed E-state index contributed by atoms with van der Waals surface area (Å²) in [6.45, 7) is -0.559. The van der Waals surface area contributed by atoms with E-state index < -0.39 is 63.5 Å². The molecule has 4 N–H and O–H groups in total. The molecular weight excluding hydrogens is 598 g/mol. The highest BCUT2D eigenvalue weighted by Gasteiger charge is 2.26. The fraction of sp³-hybridized carbons (Fsp3) is 0.296. The summed E-state index contributed by atoms with van der Waals surface area (Å²) in [5, 5.41) is 39.3. The Morgan fingerprint density at radius 1 is 1.00 bits per heavy atom. The first kappa shape index (κ1) is 33.2. The number of carboxylic acid groups (broad SMARTS) is 1. The number of aromatic nitrogens is 2. The van der Waals surface area contributed by atoms with Crippen LogP contribution in [0, 0.1) is 20.2 Å². The zero-order valence-electron chi connectivity index (χ0n) is 23.4. The maximum Gasteiger partial charge on any atom is 0.326 e. The van der Waals surface area contributed by atoms with E-state index in [1.54, 1.807) is 36.6 Å². The zero-order chi connectivity index (χ0) is 32.2. The standard InChI is InChI=1S/C27H29N7O9S/c1-44-10-9-20(27(38)39)30-25(36)14-28-26(37)21(31-24(35)11-17-5-3-2-4-6-17)12-18-15-32(16-29-18)22-8-7-19(33(40)41)13-23(22)34(42)43/h2-8,13,15-16,20-21H,9-12,14H2,1H3,(H,28,37)(H,30,36)(H,31,35)(H,38,39)/t20-,21-/m0/s1. The maximum absolute atomic E-state index is 13.1. The molecule has 44 heavy (non-hydrogen) atoms. The van der Waals surface area contributed by atoms with E-state index >= 15 is 0 Å². The second kappa shape index (κ2) is 15.8. The Morgan fingerprint density at radius 2 is 1.70 bits per heavy atom. The minimum Gasteiger partial charge on any atom is -0.480 e. The van der Waals surface area contributed by atoms with Gasteiger partial charge in [-0.15, -0.1) is 0 Å². The largest absolute Gasteiger partial charge is 0.480 e. The zero-order valence-corrected chi connectivity index (χ0v) is 24.2. The van der Waals surface area contributed by atoms with Crippen molar-refractivity contribution >= 4 is 46.8 Å². The first-order chi connectivity index (χ1) is 21.0. The molecule has 0 saturated heterocycles. The number of benzene rings is 2. The van der Waals surface area contributed by atoms with Gasteiger partial charge in [-0.2, -0.15) is 11.8 Å². The molecule has 17 heteroatoms. The number of aliphatic carboxylic acids is 1. The van der Waals surface area contributed by atoms with Crippen molar-refractivity contribution in [2.24, 2.45) is 0 Å². The third-order valence-corrected chi connectivity index (χ3v) is 6.86. The molecule has 0 saturated carbocycles. The molecule has 3 amide bonds. The second-order valence-electron chi connectivity index (χ2n) is 9.40. The molecule has 0 unspecified atom stereocenters. The number of hydrogen-bond donors (Lipinski definition) is 4. The number of nitrogens with zero attached hydrogens (tertiary/aromatic N) is 4. The van der Waals surface area contributed by atoms with Crippen molar-refractivity contribution in [1.29, 1.82) is 0 Å². The van der Waals surface area contributed by atoms with Crippen molar-refractivity contribution in [3.05, 3.63) is 92.5 Å². The molecule has 0 fully saturated rings. The number of rotatable bonds is 16. The van der Waals surface area contributed by atoms with Gasteiger partial charge in [0.15, 0.2) is 0 Å². The summed E-state index contributed by atoms with van der Waals surface area (Å²) in [5.74, 6) is -2.72. The van der Waals surface area contributed by atoms with E-state index in [1.807, 2.05) is 0 Å². The Bertz CT molecular complexity index is 1530. The van der Waals surface area contributed by atoms with Gasteiger partial charge >= 0.3 is 5.97 Å². The molecule has 1 aromatic heterocycles. The molecule has 2 atom stereocenters. The first-order valence-corrected chi connectivity index (χ1v) is 14.5. The van der Waals surface area contributed by atoms with Crippen LogP contribution in [0.1, 0.15) is 17.7 Å². The molecule has 0 aliphatic heterocycles. The number of nitro benzene ring substituents is 2. The fourth-order valence-electron chi connectivity index (χ4n) is 4.06. The van der Waals surface area contributed by atoms with E-state index in [1.165, 1.54) is 34.9 Å². The quantitative estimate of drug-likeness (QED) is 0.131. The Labute approximate surface area is 254 Å². The fourth-order valence-corrected chi connectivity index (χ4v) is 4.54. The van der Waals surface area contributed by atoms with Gasteiger partial charge in [0, 0.05) is 18.7 Å². The van der Waals surface area contributed by atoms with Crippen LogP contribution in [-0.2, 0) is 32.0 Å². The van der Waals surface area contributed by atoms with Crippen molar-refractivity contribution < 1.29 is 34.1 Å². The van der Waals surface area contributed by atoms with Crippen LogP contribution < -0.4 is 16.0 Å². The highest BCUT2D eigenvalue weighted by atomic mass is 32.2. The average molecular weight is 628 g/mol. The summed E-state index contributed by atoms with van der Waals surface area (Å²) in [7, 11) is 0. The summed E-state index contributed by atoms with van der Waals surface area (Å²) in [6, 6.07) is 9.47. The van der Waals surface area contributed by atoms with Gasteiger partial charge < -0.3 is 21.1 Å². The number of carbonyl (C=O) groups is 4. The van der Waals surface area contributed by atoms with Gasteiger partial charge in [0.25, 0.3) is 11.4 Å². The lowest BCUT2D eigenvalue weighted by molar-refractivity contribution is -0.394. The van der Waals surface area contributed by atoms with Gasteiger partial charge in [0.2, 0.25) is 17.7 Å². The molecule has 3 aromatic rings. The number of carboxylic acids is 1. The minimum absolute atomic E-state index is 0.0143. The summed E-state index contributed by atoms with van der Waals surface area (Å²) in [5.41, 5.74) is -0.119. The highest BCUT2D eigenvalue weighted by Crippen LogP contribution is 2.28. The summed E-state index contributed by atoms with van der Waals surface area (Å²) in [6.07, 6.45) is 4.33. The molecule has 2 aromatic carbocycles. The summed E-state index contributed by atoms with van der Waals surface area (Å²) < 4.78 is 1.26. The smallest absolute Gasteiger partial charge is 0.326 e. The van der Waals surface area contributed by atoms with Crippen LogP contribution >= 0.6 is 11.8 Å². The molecule has 0 bridgehead atoms. The van der Waals surface area contributed by atoms with E-state index in [0.29, 0.717) is 11.3 Å². The SMILES string of the molecule is CSCC[C@H](NC(=O)CNC(=O)[C@H](Cc1cn(-c2ccc([N+](=O)[O-])cc2[N+](=O)[O-])cn1)NC(=O)Cc1ccccc1)C(=O)O. The first-order valence-electron chi connectivity index (χ1n) is 13.1. The normalized spacial score (nSPS) is 12.0.